The number of hydrogen-bond donors (Lipinski definition) is 3. The highest BCUT2D eigenvalue weighted by Gasteiger charge is 2.28. The zero-order valence-corrected chi connectivity index (χ0v) is 9.89. The van der Waals surface area contributed by atoms with Crippen LogP contribution in [-0.4, -0.2) is 29.3 Å². The first-order valence-corrected chi connectivity index (χ1v) is 5.00. The molecule has 0 saturated heterocycles. The molecule has 0 heterocycles. The molecule has 5 heteroatoms. The number of ketones is 1. The predicted molar refractivity (Wildman–Crippen MR) is 59.2 cm³/mol. The van der Waals surface area contributed by atoms with Crippen molar-refractivity contribution < 1.29 is 9.59 Å². The maximum atomic E-state index is 11.5. The third kappa shape index (κ3) is 4.40. The summed E-state index contributed by atoms with van der Waals surface area (Å²) in [4.78, 5) is 22.9. The number of Topliss-reactive ketones (excluding diaryl/α,β-unsaturated/α-hetero) is 1. The molecule has 0 aliphatic carbocycles. The van der Waals surface area contributed by atoms with Gasteiger partial charge in [0.05, 0.1) is 17.6 Å². The predicted octanol–water partition coefficient (Wildman–Crippen LogP) is -0.464. The molecule has 0 aromatic rings. The third-order valence-electron chi connectivity index (χ3n) is 2.37. The van der Waals surface area contributed by atoms with Gasteiger partial charge in [0.1, 0.15) is 0 Å². The minimum atomic E-state index is -0.975. The maximum absolute atomic E-state index is 11.5. The van der Waals surface area contributed by atoms with E-state index in [1.54, 1.807) is 20.8 Å². The summed E-state index contributed by atoms with van der Waals surface area (Å²) in [5, 5.41) is 2.47. The highest BCUT2D eigenvalue weighted by atomic mass is 16.2. The van der Waals surface area contributed by atoms with E-state index in [0.29, 0.717) is 6.42 Å². The van der Waals surface area contributed by atoms with Crippen molar-refractivity contribution in [3.05, 3.63) is 0 Å². The van der Waals surface area contributed by atoms with Gasteiger partial charge >= 0.3 is 0 Å². The van der Waals surface area contributed by atoms with Crippen molar-refractivity contribution in [1.82, 2.24) is 5.32 Å². The number of amides is 1. The Balaban J connectivity index is 4.20. The van der Waals surface area contributed by atoms with Crippen LogP contribution in [0.25, 0.3) is 0 Å². The summed E-state index contributed by atoms with van der Waals surface area (Å²) in [5.74, 6) is -0.551. The van der Waals surface area contributed by atoms with E-state index in [1.807, 2.05) is 6.92 Å². The van der Waals surface area contributed by atoms with E-state index in [1.165, 1.54) is 0 Å². The number of carbonyl (C=O) groups is 2. The van der Waals surface area contributed by atoms with Crippen LogP contribution >= 0.6 is 0 Å². The average Bonchev–Trinajstić information content (AvgIpc) is 2.11. The second-order valence-corrected chi connectivity index (χ2v) is 4.60. The molecule has 0 aliphatic heterocycles. The topological polar surface area (TPSA) is 98.2 Å². The van der Waals surface area contributed by atoms with Gasteiger partial charge in [-0.05, 0) is 27.2 Å². The summed E-state index contributed by atoms with van der Waals surface area (Å²) in [7, 11) is 0. The molecule has 1 unspecified atom stereocenters. The number of nitrogens with two attached hydrogens (primary N) is 2. The molecule has 0 saturated carbocycles. The standard InChI is InChI=1S/C10H21N3O2/c1-5-10(4,12)7(14)6-13-8(15)9(2,3)11/h5-6,11-12H2,1-4H3,(H,13,15). The molecule has 88 valence electrons. The largest absolute Gasteiger partial charge is 0.347 e. The zero-order chi connectivity index (χ0) is 12.3. The summed E-state index contributed by atoms with van der Waals surface area (Å²) in [6.07, 6.45) is 0.535. The zero-order valence-electron chi connectivity index (χ0n) is 9.89. The summed E-state index contributed by atoms with van der Waals surface area (Å²) in [6.45, 7) is 6.56. The van der Waals surface area contributed by atoms with Crippen LogP contribution in [0.5, 0.6) is 0 Å². The van der Waals surface area contributed by atoms with Crippen LogP contribution < -0.4 is 16.8 Å². The van der Waals surface area contributed by atoms with Crippen molar-refractivity contribution in [2.75, 3.05) is 6.54 Å². The Morgan fingerprint density at radius 1 is 1.20 bits per heavy atom. The second kappa shape index (κ2) is 4.72. The van der Waals surface area contributed by atoms with E-state index >= 15 is 0 Å². The van der Waals surface area contributed by atoms with Crippen molar-refractivity contribution in [1.29, 1.82) is 0 Å². The summed E-state index contributed by atoms with van der Waals surface area (Å²) in [5.41, 5.74) is 9.42. The van der Waals surface area contributed by atoms with Crippen LogP contribution in [0.3, 0.4) is 0 Å². The highest BCUT2D eigenvalue weighted by Crippen LogP contribution is 2.05. The van der Waals surface area contributed by atoms with Crippen molar-refractivity contribution in [3.8, 4) is 0 Å². The van der Waals surface area contributed by atoms with E-state index < -0.39 is 11.1 Å². The molecule has 15 heavy (non-hydrogen) atoms. The lowest BCUT2D eigenvalue weighted by molar-refractivity contribution is -0.129. The van der Waals surface area contributed by atoms with Crippen LogP contribution in [0, 0.1) is 0 Å². The average molecular weight is 215 g/mol. The number of carbonyl (C=O) groups excluding carboxylic acids is 2. The Morgan fingerprint density at radius 3 is 2.00 bits per heavy atom. The van der Waals surface area contributed by atoms with Gasteiger partial charge in [0.25, 0.3) is 0 Å². The summed E-state index contributed by atoms with van der Waals surface area (Å²) in [6, 6.07) is 0. The molecular formula is C10H21N3O2. The van der Waals surface area contributed by atoms with E-state index in [4.69, 9.17) is 11.5 Å². The van der Waals surface area contributed by atoms with Crippen LogP contribution in [0.2, 0.25) is 0 Å². The monoisotopic (exact) mass is 215 g/mol. The fourth-order valence-electron chi connectivity index (χ4n) is 0.787. The van der Waals surface area contributed by atoms with Crippen molar-refractivity contribution in [2.24, 2.45) is 11.5 Å². The number of nitrogens with one attached hydrogen (secondary N) is 1. The van der Waals surface area contributed by atoms with Crippen LogP contribution in [0.1, 0.15) is 34.1 Å². The van der Waals surface area contributed by atoms with Crippen LogP contribution in [-0.2, 0) is 9.59 Å². The fourth-order valence-corrected chi connectivity index (χ4v) is 0.787. The molecule has 5 N–H and O–H groups in total. The minimum absolute atomic E-state index is 0.0691. The Hall–Kier alpha value is -0.940. The lowest BCUT2D eigenvalue weighted by Crippen LogP contribution is -2.54. The first-order chi connectivity index (χ1) is 6.61. The van der Waals surface area contributed by atoms with Gasteiger partial charge in [-0.1, -0.05) is 6.92 Å². The number of rotatable bonds is 5. The molecule has 0 spiro atoms. The van der Waals surface area contributed by atoms with Crippen LogP contribution in [0.15, 0.2) is 0 Å². The number of hydrogen-bond acceptors (Lipinski definition) is 4. The van der Waals surface area contributed by atoms with Gasteiger partial charge in [-0.3, -0.25) is 9.59 Å². The lowest BCUT2D eigenvalue weighted by Gasteiger charge is -2.23. The van der Waals surface area contributed by atoms with Gasteiger partial charge in [0.15, 0.2) is 5.78 Å². The first-order valence-electron chi connectivity index (χ1n) is 5.00. The van der Waals surface area contributed by atoms with Gasteiger partial charge in [-0.15, -0.1) is 0 Å². The first kappa shape index (κ1) is 14.1. The van der Waals surface area contributed by atoms with Gasteiger partial charge in [0, 0.05) is 0 Å². The highest BCUT2D eigenvalue weighted by molar-refractivity contribution is 5.94. The smallest absolute Gasteiger partial charge is 0.239 e. The molecule has 0 aromatic carbocycles. The molecule has 0 bridgehead atoms. The van der Waals surface area contributed by atoms with Crippen molar-refractivity contribution in [3.63, 3.8) is 0 Å². The molecule has 0 aromatic heterocycles. The Labute approximate surface area is 90.6 Å². The summed E-state index contributed by atoms with van der Waals surface area (Å²) >= 11 is 0. The molecule has 1 atom stereocenters. The summed E-state index contributed by atoms with van der Waals surface area (Å²) < 4.78 is 0. The normalized spacial score (nSPS) is 15.6. The SMILES string of the molecule is CCC(C)(N)C(=O)CNC(=O)C(C)(C)N. The van der Waals surface area contributed by atoms with E-state index in [0.717, 1.165) is 0 Å². The van der Waals surface area contributed by atoms with Gasteiger partial charge in [0.2, 0.25) is 5.91 Å². The Bertz CT molecular complexity index is 254. The molecule has 0 rings (SSSR count). The second-order valence-electron chi connectivity index (χ2n) is 4.60. The molecule has 1 amide bonds. The molecular weight excluding hydrogens is 194 g/mol. The van der Waals surface area contributed by atoms with E-state index in [9.17, 15) is 9.59 Å². The lowest BCUT2D eigenvalue weighted by atomic mass is 9.94. The fraction of sp³-hybridized carbons (Fsp3) is 0.800. The van der Waals surface area contributed by atoms with E-state index in [-0.39, 0.29) is 18.2 Å². The quantitative estimate of drug-likeness (QED) is 0.577. The van der Waals surface area contributed by atoms with Gasteiger partial charge < -0.3 is 16.8 Å². The van der Waals surface area contributed by atoms with Crippen molar-refractivity contribution in [2.45, 2.75) is 45.2 Å². The van der Waals surface area contributed by atoms with Gasteiger partial charge in [-0.2, -0.15) is 0 Å². The molecule has 0 aliphatic rings. The van der Waals surface area contributed by atoms with Crippen molar-refractivity contribution >= 4 is 11.7 Å². The molecule has 0 radical (unpaired) electrons. The van der Waals surface area contributed by atoms with Gasteiger partial charge in [-0.25, -0.2) is 0 Å². The molecule has 5 nitrogen and oxygen atoms in total. The Kier molecular flexibility index (Phi) is 4.42. The Morgan fingerprint density at radius 2 is 1.67 bits per heavy atom. The third-order valence-corrected chi connectivity index (χ3v) is 2.37. The van der Waals surface area contributed by atoms with Crippen LogP contribution in [0.4, 0.5) is 0 Å². The minimum Gasteiger partial charge on any atom is -0.347 e. The molecule has 0 fully saturated rings. The van der Waals surface area contributed by atoms with E-state index in [2.05, 4.69) is 5.32 Å². The maximum Gasteiger partial charge on any atom is 0.239 e.